The molecule has 0 fully saturated rings. The van der Waals surface area contributed by atoms with Crippen molar-refractivity contribution in [3.05, 3.63) is 63.9 Å². The third-order valence-corrected chi connectivity index (χ3v) is 5.27. The van der Waals surface area contributed by atoms with Gasteiger partial charge in [-0.25, -0.2) is 4.39 Å². The summed E-state index contributed by atoms with van der Waals surface area (Å²) in [6, 6.07) is 10.9. The van der Waals surface area contributed by atoms with E-state index in [-0.39, 0.29) is 30.8 Å². The Bertz CT molecular complexity index is 856. The number of carbonyl (C=O) groups is 2. The number of halogens is 2. The highest BCUT2D eigenvalue weighted by Gasteiger charge is 2.26. The fourth-order valence-electron chi connectivity index (χ4n) is 2.79. The number of rotatable bonds is 8. The summed E-state index contributed by atoms with van der Waals surface area (Å²) in [5.41, 5.74) is 1.87. The van der Waals surface area contributed by atoms with Crippen LogP contribution in [0.15, 0.2) is 46.9 Å². The number of likely N-dealkylation sites (N-methyl/N-ethyl adjacent to an activating group) is 1. The van der Waals surface area contributed by atoms with Crippen LogP contribution in [0.25, 0.3) is 0 Å². The van der Waals surface area contributed by atoms with Crippen LogP contribution in [0.1, 0.15) is 37.8 Å². The normalized spacial score (nSPS) is 11.8. The number of benzene rings is 2. The Hall–Kier alpha value is -2.41. The van der Waals surface area contributed by atoms with Crippen LogP contribution in [-0.2, 0) is 16.1 Å². The molecule has 1 N–H and O–H groups in total. The van der Waals surface area contributed by atoms with E-state index >= 15 is 0 Å². The highest BCUT2D eigenvalue weighted by atomic mass is 79.9. The molecule has 0 bridgehead atoms. The Morgan fingerprint density at radius 3 is 2.34 bits per heavy atom. The smallest absolute Gasteiger partial charge is 0.261 e. The standard InChI is InChI=1S/C22H26BrFN2O3/c1-14(2)17-7-10-20(19(23)11-17)29-13-21(27)26(15(3)22(28)25-4)12-16-5-8-18(24)9-6-16/h5-11,14-15H,12-13H2,1-4H3,(H,25,28)/t15-/m1/s1. The lowest BCUT2D eigenvalue weighted by Crippen LogP contribution is -2.48. The minimum absolute atomic E-state index is 0.171. The van der Waals surface area contributed by atoms with Gasteiger partial charge < -0.3 is 15.0 Å². The van der Waals surface area contributed by atoms with Crippen LogP contribution < -0.4 is 10.1 Å². The maximum Gasteiger partial charge on any atom is 0.261 e. The molecule has 0 saturated heterocycles. The number of amides is 2. The lowest BCUT2D eigenvalue weighted by Gasteiger charge is -2.28. The summed E-state index contributed by atoms with van der Waals surface area (Å²) < 4.78 is 19.6. The molecule has 0 saturated carbocycles. The molecule has 0 spiro atoms. The monoisotopic (exact) mass is 464 g/mol. The van der Waals surface area contributed by atoms with E-state index in [0.717, 1.165) is 15.6 Å². The zero-order chi connectivity index (χ0) is 21.6. The molecule has 2 aromatic carbocycles. The molecule has 5 nitrogen and oxygen atoms in total. The van der Waals surface area contributed by atoms with Crippen molar-refractivity contribution in [1.29, 1.82) is 0 Å². The summed E-state index contributed by atoms with van der Waals surface area (Å²) in [7, 11) is 1.52. The molecule has 0 unspecified atom stereocenters. The topological polar surface area (TPSA) is 58.6 Å². The second-order valence-corrected chi connectivity index (χ2v) is 7.93. The van der Waals surface area contributed by atoms with Crippen LogP contribution in [0.3, 0.4) is 0 Å². The maximum absolute atomic E-state index is 13.2. The van der Waals surface area contributed by atoms with Gasteiger partial charge in [0.15, 0.2) is 6.61 Å². The second kappa shape index (κ2) is 10.4. The summed E-state index contributed by atoms with van der Waals surface area (Å²) in [6.07, 6.45) is 0. The van der Waals surface area contributed by atoms with Crippen molar-refractivity contribution in [2.24, 2.45) is 0 Å². The summed E-state index contributed by atoms with van der Waals surface area (Å²) in [5.74, 6) is -0.0594. The molecule has 0 aromatic heterocycles. The van der Waals surface area contributed by atoms with E-state index in [1.165, 1.54) is 24.1 Å². The molecule has 2 aromatic rings. The summed E-state index contributed by atoms with van der Waals surface area (Å²) in [5, 5.41) is 2.55. The van der Waals surface area contributed by atoms with Crippen molar-refractivity contribution in [3.63, 3.8) is 0 Å². The Balaban J connectivity index is 2.14. The minimum Gasteiger partial charge on any atom is -0.483 e. The first-order valence-corrected chi connectivity index (χ1v) is 10.2. The molecule has 29 heavy (non-hydrogen) atoms. The molecule has 0 aliphatic heterocycles. The van der Waals surface area contributed by atoms with Crippen LogP contribution in [-0.4, -0.2) is 36.4 Å². The number of hydrogen-bond donors (Lipinski definition) is 1. The second-order valence-electron chi connectivity index (χ2n) is 7.07. The first-order valence-electron chi connectivity index (χ1n) is 9.40. The number of nitrogens with zero attached hydrogens (tertiary/aromatic N) is 1. The fraction of sp³-hybridized carbons (Fsp3) is 0.364. The average molecular weight is 465 g/mol. The van der Waals surface area contributed by atoms with Crippen LogP contribution >= 0.6 is 15.9 Å². The van der Waals surface area contributed by atoms with E-state index in [0.29, 0.717) is 11.7 Å². The molecule has 156 valence electrons. The Kier molecular flexibility index (Phi) is 8.20. The Labute approximate surface area is 179 Å². The highest BCUT2D eigenvalue weighted by Crippen LogP contribution is 2.29. The van der Waals surface area contributed by atoms with Crippen molar-refractivity contribution in [2.45, 2.75) is 39.3 Å². The summed E-state index contributed by atoms with van der Waals surface area (Å²) in [6.45, 7) is 5.79. The van der Waals surface area contributed by atoms with Gasteiger partial charge in [0.05, 0.1) is 4.47 Å². The minimum atomic E-state index is -0.701. The largest absolute Gasteiger partial charge is 0.483 e. The molecule has 7 heteroatoms. The van der Waals surface area contributed by atoms with Crippen molar-refractivity contribution < 1.29 is 18.7 Å². The van der Waals surface area contributed by atoms with Gasteiger partial charge >= 0.3 is 0 Å². The molecule has 2 rings (SSSR count). The van der Waals surface area contributed by atoms with E-state index in [1.807, 2.05) is 18.2 Å². The van der Waals surface area contributed by atoms with E-state index in [2.05, 4.69) is 35.1 Å². The van der Waals surface area contributed by atoms with Crippen molar-refractivity contribution >= 4 is 27.7 Å². The van der Waals surface area contributed by atoms with Crippen LogP contribution in [0.5, 0.6) is 5.75 Å². The Morgan fingerprint density at radius 2 is 1.79 bits per heavy atom. The van der Waals surface area contributed by atoms with Crippen LogP contribution in [0.4, 0.5) is 4.39 Å². The van der Waals surface area contributed by atoms with Gasteiger partial charge in [0, 0.05) is 13.6 Å². The van der Waals surface area contributed by atoms with Gasteiger partial charge in [-0.05, 0) is 64.2 Å². The van der Waals surface area contributed by atoms with Gasteiger partial charge in [-0.3, -0.25) is 9.59 Å². The molecular formula is C22H26BrFN2O3. The average Bonchev–Trinajstić information content (AvgIpc) is 2.70. The SMILES string of the molecule is CNC(=O)[C@@H](C)N(Cc1ccc(F)cc1)C(=O)COc1ccc(C(C)C)cc1Br. The van der Waals surface area contributed by atoms with E-state index in [9.17, 15) is 14.0 Å². The predicted molar refractivity (Wildman–Crippen MR) is 114 cm³/mol. The molecule has 0 heterocycles. The van der Waals surface area contributed by atoms with Gasteiger partial charge in [-0.1, -0.05) is 32.0 Å². The van der Waals surface area contributed by atoms with Crippen molar-refractivity contribution in [2.75, 3.05) is 13.7 Å². The van der Waals surface area contributed by atoms with Crippen molar-refractivity contribution in [3.8, 4) is 5.75 Å². The maximum atomic E-state index is 13.2. The first-order chi connectivity index (χ1) is 13.7. The van der Waals surface area contributed by atoms with Crippen LogP contribution in [0.2, 0.25) is 0 Å². The Morgan fingerprint density at radius 1 is 1.14 bits per heavy atom. The van der Waals surface area contributed by atoms with E-state index in [4.69, 9.17) is 4.74 Å². The molecule has 0 radical (unpaired) electrons. The highest BCUT2D eigenvalue weighted by molar-refractivity contribution is 9.10. The third kappa shape index (κ3) is 6.29. The zero-order valence-electron chi connectivity index (χ0n) is 17.0. The van der Waals surface area contributed by atoms with E-state index in [1.54, 1.807) is 19.1 Å². The number of carbonyl (C=O) groups excluding carboxylic acids is 2. The lowest BCUT2D eigenvalue weighted by molar-refractivity contribution is -0.142. The summed E-state index contributed by atoms with van der Waals surface area (Å²) in [4.78, 5) is 26.4. The molecular weight excluding hydrogens is 439 g/mol. The molecule has 0 aliphatic rings. The van der Waals surface area contributed by atoms with E-state index < -0.39 is 6.04 Å². The van der Waals surface area contributed by atoms with Crippen LogP contribution in [0, 0.1) is 5.82 Å². The first kappa shape index (κ1) is 22.9. The lowest BCUT2D eigenvalue weighted by atomic mass is 10.0. The number of nitrogens with one attached hydrogen (secondary N) is 1. The van der Waals surface area contributed by atoms with Gasteiger partial charge in [-0.2, -0.15) is 0 Å². The fourth-order valence-corrected chi connectivity index (χ4v) is 3.30. The third-order valence-electron chi connectivity index (χ3n) is 4.65. The van der Waals surface area contributed by atoms with Gasteiger partial charge in [-0.15, -0.1) is 0 Å². The van der Waals surface area contributed by atoms with Crippen molar-refractivity contribution in [1.82, 2.24) is 10.2 Å². The van der Waals surface area contributed by atoms with Gasteiger partial charge in [0.25, 0.3) is 5.91 Å². The summed E-state index contributed by atoms with van der Waals surface area (Å²) >= 11 is 3.48. The molecule has 0 aliphatic carbocycles. The zero-order valence-corrected chi connectivity index (χ0v) is 18.6. The number of hydrogen-bond acceptors (Lipinski definition) is 3. The quantitative estimate of drug-likeness (QED) is 0.634. The molecule has 1 atom stereocenters. The predicted octanol–water partition coefficient (Wildman–Crippen LogP) is 4.25. The van der Waals surface area contributed by atoms with Gasteiger partial charge in [0.1, 0.15) is 17.6 Å². The number of ether oxygens (including phenoxy) is 1. The van der Waals surface area contributed by atoms with Gasteiger partial charge in [0.2, 0.25) is 5.91 Å². The molecule has 2 amide bonds.